The number of hydrogen-bond acceptors (Lipinski definition) is 5. The molecule has 1 aromatic heterocycles. The van der Waals surface area contributed by atoms with E-state index in [4.69, 9.17) is 4.74 Å². The molecule has 2 saturated heterocycles. The van der Waals surface area contributed by atoms with Crippen LogP contribution in [0.3, 0.4) is 0 Å². The molecule has 4 rings (SSSR count). The first-order chi connectivity index (χ1) is 11.5. The van der Waals surface area contributed by atoms with Crippen LogP contribution in [0, 0.1) is 5.92 Å². The van der Waals surface area contributed by atoms with Gasteiger partial charge in [-0.1, -0.05) is 0 Å². The second kappa shape index (κ2) is 6.40. The molecule has 0 bridgehead atoms. The summed E-state index contributed by atoms with van der Waals surface area (Å²) in [6.07, 6.45) is 7.88. The van der Waals surface area contributed by atoms with Crippen molar-refractivity contribution >= 4 is 10.0 Å². The van der Waals surface area contributed by atoms with Gasteiger partial charge < -0.3 is 9.30 Å². The van der Waals surface area contributed by atoms with Crippen molar-refractivity contribution < 1.29 is 13.2 Å². The van der Waals surface area contributed by atoms with Gasteiger partial charge in [0.05, 0.1) is 6.33 Å². The van der Waals surface area contributed by atoms with E-state index in [1.807, 2.05) is 0 Å². The number of aryl methyl sites for hydroxylation is 1. The van der Waals surface area contributed by atoms with Crippen LogP contribution < -0.4 is 0 Å². The molecule has 3 fully saturated rings. The smallest absolute Gasteiger partial charge is 0.262 e. The maximum Gasteiger partial charge on any atom is 0.262 e. The van der Waals surface area contributed by atoms with Gasteiger partial charge in [-0.3, -0.25) is 4.90 Å². The molecule has 8 heteroatoms. The van der Waals surface area contributed by atoms with E-state index in [9.17, 15) is 8.42 Å². The van der Waals surface area contributed by atoms with Crippen molar-refractivity contribution in [3.63, 3.8) is 0 Å². The Labute approximate surface area is 143 Å². The number of aromatic nitrogens is 2. The Kier molecular flexibility index (Phi) is 4.40. The van der Waals surface area contributed by atoms with Crippen LogP contribution in [-0.2, 0) is 21.8 Å². The third-order valence-electron chi connectivity index (χ3n) is 5.41. The topological polar surface area (TPSA) is 67.7 Å². The van der Waals surface area contributed by atoms with E-state index in [1.165, 1.54) is 19.2 Å². The van der Waals surface area contributed by atoms with Crippen molar-refractivity contribution in [1.82, 2.24) is 18.8 Å². The Bertz CT molecular complexity index is 673. The van der Waals surface area contributed by atoms with E-state index in [0.29, 0.717) is 25.2 Å². The molecule has 0 aromatic carbocycles. The molecular weight excluding hydrogens is 328 g/mol. The SMILES string of the molecule is Cn1cnc(S(=O)(=O)N2CC(N(CC3CC3)C3CCOCC3)C2)c1. The van der Waals surface area contributed by atoms with E-state index < -0.39 is 10.0 Å². The van der Waals surface area contributed by atoms with Crippen LogP contribution in [-0.4, -0.2) is 72.1 Å². The number of sulfonamides is 1. The van der Waals surface area contributed by atoms with Gasteiger partial charge in [-0.25, -0.2) is 13.4 Å². The standard InChI is InChI=1S/C16H26N4O3S/c1-18-11-16(17-12-18)24(21,22)19-9-15(10-19)20(8-13-2-3-13)14-4-6-23-7-5-14/h11-15H,2-10H2,1H3. The average Bonchev–Trinajstić information content (AvgIpc) is 3.23. The zero-order valence-electron chi connectivity index (χ0n) is 14.2. The lowest BCUT2D eigenvalue weighted by atomic mass is 10.0. The summed E-state index contributed by atoms with van der Waals surface area (Å²) in [4.78, 5) is 6.59. The number of rotatable bonds is 6. The van der Waals surface area contributed by atoms with Gasteiger partial charge in [0.25, 0.3) is 10.0 Å². The monoisotopic (exact) mass is 354 g/mol. The summed E-state index contributed by atoms with van der Waals surface area (Å²) in [5, 5.41) is 0.156. The lowest BCUT2D eigenvalue weighted by molar-refractivity contribution is -0.0127. The largest absolute Gasteiger partial charge is 0.381 e. The summed E-state index contributed by atoms with van der Waals surface area (Å²) < 4.78 is 34.0. The third kappa shape index (κ3) is 3.24. The molecule has 0 amide bonds. The molecule has 7 nitrogen and oxygen atoms in total. The van der Waals surface area contributed by atoms with Crippen molar-refractivity contribution in [1.29, 1.82) is 0 Å². The van der Waals surface area contributed by atoms with E-state index >= 15 is 0 Å². The third-order valence-corrected chi connectivity index (χ3v) is 7.13. The molecule has 1 saturated carbocycles. The molecule has 0 radical (unpaired) electrons. The van der Waals surface area contributed by atoms with Crippen LogP contribution in [0.1, 0.15) is 25.7 Å². The quantitative estimate of drug-likeness (QED) is 0.752. The minimum Gasteiger partial charge on any atom is -0.381 e. The van der Waals surface area contributed by atoms with Gasteiger partial charge in [0.15, 0.2) is 5.03 Å². The maximum atomic E-state index is 12.6. The molecule has 1 aromatic rings. The molecule has 0 unspecified atom stereocenters. The average molecular weight is 354 g/mol. The molecule has 0 atom stereocenters. The summed E-state index contributed by atoms with van der Waals surface area (Å²) in [6.45, 7) is 3.95. The van der Waals surface area contributed by atoms with Crippen LogP contribution in [0.15, 0.2) is 17.6 Å². The van der Waals surface area contributed by atoms with Gasteiger partial charge in [-0.15, -0.1) is 0 Å². The highest BCUT2D eigenvalue weighted by Crippen LogP contribution is 2.34. The molecule has 0 N–H and O–H groups in total. The number of nitrogens with zero attached hydrogens (tertiary/aromatic N) is 4. The molecule has 134 valence electrons. The molecule has 24 heavy (non-hydrogen) atoms. The number of imidazole rings is 1. The Morgan fingerprint density at radius 3 is 2.50 bits per heavy atom. The van der Waals surface area contributed by atoms with E-state index in [0.717, 1.165) is 38.5 Å². The lowest BCUT2D eigenvalue weighted by Crippen LogP contribution is -2.63. The summed E-state index contributed by atoms with van der Waals surface area (Å²) in [5.74, 6) is 0.814. The number of ether oxygens (including phenoxy) is 1. The van der Waals surface area contributed by atoms with Crippen LogP contribution in [0.4, 0.5) is 0 Å². The Balaban J connectivity index is 1.42. The fourth-order valence-electron chi connectivity index (χ4n) is 3.69. The van der Waals surface area contributed by atoms with E-state index in [2.05, 4.69) is 9.88 Å². The predicted octanol–water partition coefficient (Wildman–Crippen LogP) is 0.684. The van der Waals surface area contributed by atoms with E-state index in [-0.39, 0.29) is 5.03 Å². The second-order valence-corrected chi connectivity index (χ2v) is 9.22. The highest BCUT2D eigenvalue weighted by atomic mass is 32.2. The van der Waals surface area contributed by atoms with Crippen LogP contribution >= 0.6 is 0 Å². The summed E-state index contributed by atoms with van der Waals surface area (Å²) in [5.41, 5.74) is 0. The lowest BCUT2D eigenvalue weighted by Gasteiger charge is -2.48. The molecular formula is C16H26N4O3S. The maximum absolute atomic E-state index is 12.6. The van der Waals surface area contributed by atoms with Crippen molar-refractivity contribution in [3.8, 4) is 0 Å². The van der Waals surface area contributed by atoms with Gasteiger partial charge in [-0.2, -0.15) is 4.31 Å². The highest BCUT2D eigenvalue weighted by molar-refractivity contribution is 7.89. The Hall–Kier alpha value is -0.960. The van der Waals surface area contributed by atoms with Crippen LogP contribution in [0.2, 0.25) is 0 Å². The summed E-state index contributed by atoms with van der Waals surface area (Å²) in [6, 6.07) is 0.885. The fourth-order valence-corrected chi connectivity index (χ4v) is 5.17. The molecule has 0 spiro atoms. The van der Waals surface area contributed by atoms with Gasteiger partial charge >= 0.3 is 0 Å². The van der Waals surface area contributed by atoms with Gasteiger partial charge in [0.1, 0.15) is 0 Å². The predicted molar refractivity (Wildman–Crippen MR) is 89.0 cm³/mol. The zero-order valence-corrected chi connectivity index (χ0v) is 15.0. The molecule has 3 aliphatic rings. The zero-order chi connectivity index (χ0) is 16.7. The first-order valence-corrected chi connectivity index (χ1v) is 10.3. The second-order valence-electron chi connectivity index (χ2n) is 7.34. The van der Waals surface area contributed by atoms with Crippen molar-refractivity contribution in [2.75, 3.05) is 32.8 Å². The van der Waals surface area contributed by atoms with Gasteiger partial charge in [-0.05, 0) is 31.6 Å². The first kappa shape index (κ1) is 16.5. The highest BCUT2D eigenvalue weighted by Gasteiger charge is 2.43. The van der Waals surface area contributed by atoms with Crippen LogP contribution in [0.5, 0.6) is 0 Å². The van der Waals surface area contributed by atoms with Gasteiger partial charge in [0.2, 0.25) is 0 Å². The normalized spacial score (nSPS) is 24.4. The minimum absolute atomic E-state index is 0.156. The molecule has 3 heterocycles. The van der Waals surface area contributed by atoms with Gasteiger partial charge in [0, 0.05) is 58.2 Å². The first-order valence-electron chi connectivity index (χ1n) is 8.85. The minimum atomic E-state index is -3.44. The van der Waals surface area contributed by atoms with Crippen LogP contribution in [0.25, 0.3) is 0 Å². The van der Waals surface area contributed by atoms with Crippen molar-refractivity contribution in [2.24, 2.45) is 13.0 Å². The number of hydrogen-bond donors (Lipinski definition) is 0. The van der Waals surface area contributed by atoms with E-state index in [1.54, 1.807) is 22.1 Å². The summed E-state index contributed by atoms with van der Waals surface area (Å²) in [7, 11) is -1.66. The molecule has 2 aliphatic heterocycles. The molecule has 1 aliphatic carbocycles. The van der Waals surface area contributed by atoms with Crippen molar-refractivity contribution in [3.05, 3.63) is 12.5 Å². The Morgan fingerprint density at radius 2 is 1.92 bits per heavy atom. The summed E-state index contributed by atoms with van der Waals surface area (Å²) >= 11 is 0. The Morgan fingerprint density at radius 1 is 1.21 bits per heavy atom. The van der Waals surface area contributed by atoms with Crippen molar-refractivity contribution in [2.45, 2.75) is 42.8 Å². The fraction of sp³-hybridized carbons (Fsp3) is 0.812.